The molecule has 4 rings (SSSR count). The Morgan fingerprint density at radius 1 is 1.09 bits per heavy atom. The minimum atomic E-state index is -0.645. The Morgan fingerprint density at radius 2 is 1.82 bits per heavy atom. The summed E-state index contributed by atoms with van der Waals surface area (Å²) in [6, 6.07) is 7.73. The number of benzene rings is 1. The molecular formula is C26H31N3O5. The maximum atomic E-state index is 13.0. The number of amides is 3. The van der Waals surface area contributed by atoms with E-state index in [2.05, 4.69) is 41.1 Å². The van der Waals surface area contributed by atoms with Crippen molar-refractivity contribution >= 4 is 17.7 Å². The van der Waals surface area contributed by atoms with Crippen LogP contribution in [0.1, 0.15) is 24.0 Å². The molecule has 0 radical (unpaired) electrons. The molecule has 3 aliphatic rings. The molecule has 1 atom stereocenters. The Kier molecular flexibility index (Phi) is 8.05. The van der Waals surface area contributed by atoms with E-state index in [0.29, 0.717) is 25.1 Å². The molecule has 3 aliphatic heterocycles. The summed E-state index contributed by atoms with van der Waals surface area (Å²) in [6.45, 7) is 9.08. The summed E-state index contributed by atoms with van der Waals surface area (Å²) in [7, 11) is 0. The SMILES string of the molecule is C=C/C=C\C1=C(COCc2ccc(CN3CCOCC3)cc2)CN(C2CCC(=O)NC2=O)C1=O. The van der Waals surface area contributed by atoms with Crippen molar-refractivity contribution in [2.24, 2.45) is 0 Å². The van der Waals surface area contributed by atoms with Crippen molar-refractivity contribution in [1.29, 1.82) is 0 Å². The fraction of sp³-hybridized carbons (Fsp3) is 0.423. The Hall–Kier alpha value is -3.07. The van der Waals surface area contributed by atoms with Crippen molar-refractivity contribution < 1.29 is 23.9 Å². The lowest BCUT2D eigenvalue weighted by Crippen LogP contribution is -2.53. The lowest BCUT2D eigenvalue weighted by Gasteiger charge is -2.29. The van der Waals surface area contributed by atoms with Crippen molar-refractivity contribution in [3.8, 4) is 0 Å². The van der Waals surface area contributed by atoms with Crippen molar-refractivity contribution in [1.82, 2.24) is 15.1 Å². The molecule has 0 saturated carbocycles. The van der Waals surface area contributed by atoms with Gasteiger partial charge in [-0.2, -0.15) is 0 Å². The van der Waals surface area contributed by atoms with Gasteiger partial charge in [0.2, 0.25) is 11.8 Å². The van der Waals surface area contributed by atoms with Crippen LogP contribution in [0.15, 0.2) is 60.2 Å². The maximum absolute atomic E-state index is 13.0. The van der Waals surface area contributed by atoms with Gasteiger partial charge in [0.1, 0.15) is 6.04 Å². The first-order valence-electron chi connectivity index (χ1n) is 11.7. The number of piperidine rings is 1. The minimum absolute atomic E-state index is 0.223. The van der Waals surface area contributed by atoms with Crippen LogP contribution in [0.3, 0.4) is 0 Å². The second-order valence-corrected chi connectivity index (χ2v) is 8.71. The molecule has 0 aromatic heterocycles. The Labute approximate surface area is 199 Å². The van der Waals surface area contributed by atoms with Gasteiger partial charge in [-0.1, -0.05) is 43.0 Å². The molecule has 0 aliphatic carbocycles. The van der Waals surface area contributed by atoms with Crippen LogP contribution in [-0.2, 0) is 37.0 Å². The summed E-state index contributed by atoms with van der Waals surface area (Å²) < 4.78 is 11.4. The number of imide groups is 1. The lowest BCUT2D eigenvalue weighted by atomic mass is 10.0. The molecule has 1 aromatic rings. The van der Waals surface area contributed by atoms with Gasteiger partial charge in [-0.3, -0.25) is 24.6 Å². The lowest BCUT2D eigenvalue weighted by molar-refractivity contribution is -0.142. The molecule has 180 valence electrons. The van der Waals surface area contributed by atoms with Gasteiger partial charge in [-0.25, -0.2) is 0 Å². The van der Waals surface area contributed by atoms with Crippen LogP contribution in [-0.4, -0.2) is 73.0 Å². The van der Waals surface area contributed by atoms with Crippen LogP contribution in [0.25, 0.3) is 0 Å². The molecule has 1 unspecified atom stereocenters. The van der Waals surface area contributed by atoms with Crippen LogP contribution >= 0.6 is 0 Å². The van der Waals surface area contributed by atoms with Crippen molar-refractivity contribution in [3.63, 3.8) is 0 Å². The number of hydrogen-bond donors (Lipinski definition) is 1. The first-order valence-corrected chi connectivity index (χ1v) is 11.7. The highest BCUT2D eigenvalue weighted by Crippen LogP contribution is 2.26. The molecule has 0 bridgehead atoms. The van der Waals surface area contributed by atoms with E-state index >= 15 is 0 Å². The van der Waals surface area contributed by atoms with E-state index in [1.165, 1.54) is 10.5 Å². The van der Waals surface area contributed by atoms with Crippen molar-refractivity contribution in [2.45, 2.75) is 32.0 Å². The summed E-state index contributed by atoms with van der Waals surface area (Å²) >= 11 is 0. The predicted octanol–water partition coefficient (Wildman–Crippen LogP) is 1.72. The number of allylic oxidation sites excluding steroid dienone is 2. The number of carbonyl (C=O) groups is 3. The molecule has 34 heavy (non-hydrogen) atoms. The molecule has 0 spiro atoms. The molecule has 2 saturated heterocycles. The topological polar surface area (TPSA) is 88.2 Å². The van der Waals surface area contributed by atoms with Crippen LogP contribution < -0.4 is 5.32 Å². The van der Waals surface area contributed by atoms with Crippen molar-refractivity contribution in [3.05, 3.63) is 71.3 Å². The number of nitrogens with zero attached hydrogens (tertiary/aromatic N) is 2. The molecule has 1 aromatic carbocycles. The van der Waals surface area contributed by atoms with E-state index in [9.17, 15) is 14.4 Å². The smallest absolute Gasteiger partial charge is 0.254 e. The summed E-state index contributed by atoms with van der Waals surface area (Å²) in [6.07, 6.45) is 5.58. The van der Waals surface area contributed by atoms with Gasteiger partial charge in [-0.15, -0.1) is 0 Å². The minimum Gasteiger partial charge on any atom is -0.379 e. The zero-order chi connectivity index (χ0) is 23.9. The number of hydrogen-bond acceptors (Lipinski definition) is 6. The van der Waals surface area contributed by atoms with Gasteiger partial charge in [-0.05, 0) is 29.2 Å². The summed E-state index contributed by atoms with van der Waals surface area (Å²) in [5.74, 6) is -0.943. The number of ether oxygens (including phenoxy) is 2. The zero-order valence-corrected chi connectivity index (χ0v) is 19.3. The van der Waals surface area contributed by atoms with Crippen LogP contribution in [0.5, 0.6) is 0 Å². The van der Waals surface area contributed by atoms with E-state index in [1.807, 2.05) is 0 Å². The highest BCUT2D eigenvalue weighted by atomic mass is 16.5. The molecular weight excluding hydrogens is 434 g/mol. The molecule has 2 fully saturated rings. The summed E-state index contributed by atoms with van der Waals surface area (Å²) in [5.41, 5.74) is 3.65. The van der Waals surface area contributed by atoms with Gasteiger partial charge in [0.15, 0.2) is 0 Å². The van der Waals surface area contributed by atoms with Crippen molar-refractivity contribution in [2.75, 3.05) is 39.5 Å². The molecule has 3 amide bonds. The number of nitrogens with one attached hydrogen (secondary N) is 1. The maximum Gasteiger partial charge on any atom is 0.254 e. The van der Waals surface area contributed by atoms with E-state index < -0.39 is 11.9 Å². The third-order valence-corrected chi connectivity index (χ3v) is 6.30. The summed E-state index contributed by atoms with van der Waals surface area (Å²) in [5, 5.41) is 2.33. The third-order valence-electron chi connectivity index (χ3n) is 6.30. The van der Waals surface area contributed by atoms with E-state index in [4.69, 9.17) is 9.47 Å². The van der Waals surface area contributed by atoms with Gasteiger partial charge < -0.3 is 14.4 Å². The monoisotopic (exact) mass is 465 g/mol. The van der Waals surface area contributed by atoms with Gasteiger partial charge >= 0.3 is 0 Å². The second kappa shape index (κ2) is 11.4. The van der Waals surface area contributed by atoms with Gasteiger partial charge in [0, 0.05) is 38.2 Å². The zero-order valence-electron chi connectivity index (χ0n) is 19.3. The highest BCUT2D eigenvalue weighted by Gasteiger charge is 2.39. The largest absolute Gasteiger partial charge is 0.379 e. The van der Waals surface area contributed by atoms with Crippen LogP contribution in [0.2, 0.25) is 0 Å². The standard InChI is InChI=1S/C26H31N3O5/c1-2-3-4-22-21(16-29(26(22)32)23-9-10-24(30)27-25(23)31)18-34-17-20-7-5-19(6-8-20)15-28-11-13-33-14-12-28/h2-8,23H,1,9-18H2,(H,27,30,31)/b4-3-. The molecule has 8 heteroatoms. The van der Waals surface area contributed by atoms with E-state index in [-0.39, 0.29) is 24.8 Å². The van der Waals surface area contributed by atoms with E-state index in [0.717, 1.165) is 44.0 Å². The summed E-state index contributed by atoms with van der Waals surface area (Å²) in [4.78, 5) is 40.7. The van der Waals surface area contributed by atoms with Gasteiger partial charge in [0.25, 0.3) is 5.91 Å². The first-order chi connectivity index (χ1) is 16.5. The number of carbonyl (C=O) groups excluding carboxylic acids is 3. The van der Waals surface area contributed by atoms with Crippen LogP contribution in [0.4, 0.5) is 0 Å². The average molecular weight is 466 g/mol. The molecule has 1 N–H and O–H groups in total. The normalized spacial score (nSPS) is 22.1. The Bertz CT molecular complexity index is 992. The Morgan fingerprint density at radius 3 is 2.53 bits per heavy atom. The fourth-order valence-corrected chi connectivity index (χ4v) is 4.43. The second-order valence-electron chi connectivity index (χ2n) is 8.71. The Balaban J connectivity index is 1.34. The molecule has 3 heterocycles. The first kappa shape index (κ1) is 24.1. The van der Waals surface area contributed by atoms with Crippen LogP contribution in [0, 0.1) is 0 Å². The number of rotatable bonds is 9. The molecule has 8 nitrogen and oxygen atoms in total. The number of morpholine rings is 1. The highest BCUT2D eigenvalue weighted by molar-refractivity contribution is 6.06. The fourth-order valence-electron chi connectivity index (χ4n) is 4.43. The quantitative estimate of drug-likeness (QED) is 0.441. The predicted molar refractivity (Wildman–Crippen MR) is 126 cm³/mol. The van der Waals surface area contributed by atoms with Gasteiger partial charge in [0.05, 0.1) is 26.4 Å². The third kappa shape index (κ3) is 5.88. The average Bonchev–Trinajstić information content (AvgIpc) is 3.14. The van der Waals surface area contributed by atoms with E-state index in [1.54, 1.807) is 18.2 Å².